The van der Waals surface area contributed by atoms with Crippen LogP contribution in [0, 0.1) is 20.2 Å². The molecule has 5 aromatic rings. The standard InChI is InChI=1S/C46H42N4O8/c1-43(2)37-9-5-7-11-39(37)47(45(43)19-17-31-21-35(49(53)54)23-33(27-51)41(31)57-45)25-29-13-15-30(16-14-29)26-48-40-12-8-6-10-38(40)44(3,4)46(48)20-18-32-22-36(50(55)56)24-34(28-52)42(32)58-46/h5-24,51-52H,25-28H2,1-4H3/t45-,46+. The highest BCUT2D eigenvalue weighted by Crippen LogP contribution is 2.58. The number of benzene rings is 5. The van der Waals surface area contributed by atoms with Crippen molar-refractivity contribution >= 4 is 34.9 Å². The van der Waals surface area contributed by atoms with Crippen LogP contribution in [0.4, 0.5) is 22.7 Å². The van der Waals surface area contributed by atoms with E-state index in [1.165, 1.54) is 24.3 Å². The number of hydrogen-bond donors (Lipinski definition) is 2. The first-order valence-electron chi connectivity index (χ1n) is 19.2. The summed E-state index contributed by atoms with van der Waals surface area (Å²) < 4.78 is 14.0. The Morgan fingerprint density at radius 3 is 1.33 bits per heavy atom. The predicted octanol–water partition coefficient (Wildman–Crippen LogP) is 8.69. The van der Waals surface area contributed by atoms with E-state index in [1.54, 1.807) is 0 Å². The number of nitro groups is 2. The first kappa shape index (κ1) is 37.1. The van der Waals surface area contributed by atoms with Crippen molar-refractivity contribution < 1.29 is 29.5 Å². The number of rotatable bonds is 8. The van der Waals surface area contributed by atoms with Gasteiger partial charge in [-0.15, -0.1) is 0 Å². The average molecular weight is 779 g/mol. The maximum absolute atomic E-state index is 11.7. The van der Waals surface area contributed by atoms with Gasteiger partial charge >= 0.3 is 0 Å². The van der Waals surface area contributed by atoms with Gasteiger partial charge in [-0.05, 0) is 86.4 Å². The third-order valence-electron chi connectivity index (χ3n) is 12.6. The first-order chi connectivity index (χ1) is 27.7. The molecule has 2 N–H and O–H groups in total. The van der Waals surface area contributed by atoms with Crippen LogP contribution in [0.3, 0.4) is 0 Å². The van der Waals surface area contributed by atoms with Crippen molar-refractivity contribution in [3.63, 3.8) is 0 Å². The van der Waals surface area contributed by atoms with E-state index in [4.69, 9.17) is 9.47 Å². The topological polar surface area (TPSA) is 152 Å². The number of para-hydroxylation sites is 2. The van der Waals surface area contributed by atoms with E-state index in [0.717, 1.165) is 33.6 Å². The van der Waals surface area contributed by atoms with Crippen LogP contribution < -0.4 is 19.3 Å². The van der Waals surface area contributed by atoms with Gasteiger partial charge in [0.15, 0.2) is 0 Å². The summed E-state index contributed by atoms with van der Waals surface area (Å²) >= 11 is 0. The van der Waals surface area contributed by atoms with E-state index in [1.807, 2.05) is 48.6 Å². The Kier molecular flexibility index (Phi) is 8.33. The van der Waals surface area contributed by atoms with Crippen molar-refractivity contribution in [1.29, 1.82) is 0 Å². The van der Waals surface area contributed by atoms with Gasteiger partial charge in [0.25, 0.3) is 11.4 Å². The summed E-state index contributed by atoms with van der Waals surface area (Å²) in [5.74, 6) is 0.844. The van der Waals surface area contributed by atoms with Crippen molar-refractivity contribution in [2.24, 2.45) is 0 Å². The summed E-state index contributed by atoms with van der Waals surface area (Å²) in [7, 11) is 0. The summed E-state index contributed by atoms with van der Waals surface area (Å²) in [5, 5.41) is 44.1. The molecule has 58 heavy (non-hydrogen) atoms. The number of nitro benzene ring substituents is 2. The Bertz CT molecular complexity index is 2420. The molecule has 2 atom stereocenters. The molecule has 0 radical (unpaired) electrons. The Morgan fingerprint density at radius 2 is 0.966 bits per heavy atom. The number of aliphatic hydroxyl groups is 2. The van der Waals surface area contributed by atoms with E-state index in [-0.39, 0.29) is 11.4 Å². The van der Waals surface area contributed by atoms with E-state index in [0.29, 0.717) is 46.8 Å². The number of aliphatic hydroxyl groups excluding tert-OH is 2. The Labute approximate surface area is 335 Å². The average Bonchev–Trinajstić information content (AvgIpc) is 3.51. The van der Waals surface area contributed by atoms with E-state index < -0.39 is 45.3 Å². The van der Waals surface area contributed by atoms with Crippen LogP contribution in [-0.2, 0) is 37.1 Å². The normalized spacial score (nSPS) is 21.3. The molecule has 0 aliphatic carbocycles. The summed E-state index contributed by atoms with van der Waals surface area (Å²) in [6.07, 6.45) is 7.70. The second kappa shape index (κ2) is 13.0. The van der Waals surface area contributed by atoms with Crippen LogP contribution >= 0.6 is 0 Å². The molecule has 9 rings (SSSR count). The molecule has 0 saturated heterocycles. The number of non-ortho nitro benzene ring substituents is 2. The van der Waals surface area contributed by atoms with E-state index in [9.17, 15) is 30.4 Å². The largest absolute Gasteiger partial charge is 0.462 e. The minimum absolute atomic E-state index is 0.109. The second-order valence-electron chi connectivity index (χ2n) is 16.4. The fourth-order valence-corrected chi connectivity index (χ4v) is 9.50. The van der Waals surface area contributed by atoms with Crippen LogP contribution in [0.1, 0.15) is 72.2 Å². The molecule has 0 fully saturated rings. The highest BCUT2D eigenvalue weighted by molar-refractivity contribution is 5.76. The van der Waals surface area contributed by atoms with Gasteiger partial charge in [0.1, 0.15) is 11.5 Å². The molecule has 294 valence electrons. The van der Waals surface area contributed by atoms with Gasteiger partial charge in [0.2, 0.25) is 11.4 Å². The fraction of sp³-hybridized carbons (Fsp3) is 0.261. The van der Waals surface area contributed by atoms with Gasteiger partial charge in [-0.2, -0.15) is 0 Å². The molecular weight excluding hydrogens is 737 g/mol. The van der Waals surface area contributed by atoms with Crippen LogP contribution in [0.5, 0.6) is 11.5 Å². The lowest BCUT2D eigenvalue weighted by atomic mass is 9.76. The number of hydrogen-bond acceptors (Lipinski definition) is 10. The number of ether oxygens (including phenoxy) is 2. The molecule has 0 amide bonds. The summed E-state index contributed by atoms with van der Waals surface area (Å²) in [6, 6.07) is 30.5. The molecule has 2 spiro atoms. The fourth-order valence-electron chi connectivity index (χ4n) is 9.50. The van der Waals surface area contributed by atoms with Gasteiger partial charge in [-0.3, -0.25) is 20.2 Å². The molecule has 5 aromatic carbocycles. The smallest absolute Gasteiger partial charge is 0.270 e. The van der Waals surface area contributed by atoms with Gasteiger partial charge in [0, 0.05) is 71.0 Å². The van der Waals surface area contributed by atoms with Gasteiger partial charge in [-0.25, -0.2) is 0 Å². The number of anilines is 2. The summed E-state index contributed by atoms with van der Waals surface area (Å²) in [5.41, 5.74) is 4.63. The Morgan fingerprint density at radius 1 is 0.586 bits per heavy atom. The summed E-state index contributed by atoms with van der Waals surface area (Å²) in [4.78, 5) is 26.9. The van der Waals surface area contributed by atoms with Crippen molar-refractivity contribution in [3.05, 3.63) is 174 Å². The lowest BCUT2D eigenvalue weighted by molar-refractivity contribution is -0.385. The van der Waals surface area contributed by atoms with Crippen molar-refractivity contribution in [3.8, 4) is 11.5 Å². The molecule has 0 saturated carbocycles. The quantitative estimate of drug-likeness (QED) is 0.116. The molecule has 12 nitrogen and oxygen atoms in total. The monoisotopic (exact) mass is 778 g/mol. The maximum Gasteiger partial charge on any atom is 0.270 e. The minimum Gasteiger partial charge on any atom is -0.462 e. The Balaban J connectivity index is 1.06. The number of nitrogens with zero attached hydrogens (tertiary/aromatic N) is 4. The predicted molar refractivity (Wildman–Crippen MR) is 221 cm³/mol. The van der Waals surface area contributed by atoms with Crippen LogP contribution in [0.2, 0.25) is 0 Å². The molecule has 0 unspecified atom stereocenters. The van der Waals surface area contributed by atoms with Crippen LogP contribution in [0.15, 0.2) is 109 Å². The Hall–Kier alpha value is -6.50. The van der Waals surface area contributed by atoms with E-state index >= 15 is 0 Å². The van der Waals surface area contributed by atoms with Crippen LogP contribution in [0.25, 0.3) is 12.2 Å². The lowest BCUT2D eigenvalue weighted by Gasteiger charge is -2.47. The van der Waals surface area contributed by atoms with E-state index in [2.05, 4.69) is 86.0 Å². The van der Waals surface area contributed by atoms with Gasteiger partial charge in [-0.1, -0.05) is 60.7 Å². The molecule has 4 aliphatic heterocycles. The van der Waals surface area contributed by atoms with Crippen molar-refractivity contribution in [1.82, 2.24) is 0 Å². The SMILES string of the molecule is CC1(C)c2ccccc2N(Cc2ccc(CN3c4ccccc4C(C)(C)[C@@]34C=Cc3cc([N+](=O)[O-])cc(CO)c3O4)cc2)[C@@]12C=Cc1cc([N+](=O)[O-])cc(CO)c1O2. The zero-order valence-electron chi connectivity index (χ0n) is 32.5. The zero-order chi connectivity index (χ0) is 40.8. The second-order valence-corrected chi connectivity index (χ2v) is 16.4. The molecular formula is C46H42N4O8. The highest BCUT2D eigenvalue weighted by atomic mass is 16.6. The zero-order valence-corrected chi connectivity index (χ0v) is 32.5. The molecule has 0 bridgehead atoms. The molecule has 12 heteroatoms. The van der Waals surface area contributed by atoms with Gasteiger partial charge in [0.05, 0.1) is 33.9 Å². The highest BCUT2D eigenvalue weighted by Gasteiger charge is 2.60. The lowest BCUT2D eigenvalue weighted by Crippen LogP contribution is -2.59. The molecule has 4 aliphatic rings. The van der Waals surface area contributed by atoms with Gasteiger partial charge < -0.3 is 29.5 Å². The van der Waals surface area contributed by atoms with Crippen LogP contribution in [-0.4, -0.2) is 31.5 Å². The van der Waals surface area contributed by atoms with Crippen molar-refractivity contribution in [2.75, 3.05) is 9.80 Å². The summed E-state index contributed by atoms with van der Waals surface area (Å²) in [6.45, 7) is 8.64. The van der Waals surface area contributed by atoms with Crippen molar-refractivity contribution in [2.45, 2.75) is 76.3 Å². The first-order valence-corrected chi connectivity index (χ1v) is 19.2. The third-order valence-corrected chi connectivity index (χ3v) is 12.6. The molecule has 0 aromatic heterocycles. The third kappa shape index (κ3) is 5.21. The minimum atomic E-state index is -1.02. The maximum atomic E-state index is 11.7. The number of fused-ring (bicyclic) bond motifs is 4. The molecule has 4 heterocycles.